The van der Waals surface area contributed by atoms with Crippen LogP contribution in [0.2, 0.25) is 0 Å². The van der Waals surface area contributed by atoms with Crippen LogP contribution in [-0.4, -0.2) is 34.6 Å². The van der Waals surface area contributed by atoms with Crippen LogP contribution in [-0.2, 0) is 4.79 Å². The van der Waals surface area contributed by atoms with Gasteiger partial charge in [-0.1, -0.05) is 6.42 Å². The first kappa shape index (κ1) is 11.4. The van der Waals surface area contributed by atoms with E-state index < -0.39 is 5.60 Å². The number of carbonyl (C=O) groups is 1. The molecule has 2 rings (SSSR count). The minimum Gasteiger partial charge on any atom is -0.386 e. The molecule has 16 heavy (non-hydrogen) atoms. The van der Waals surface area contributed by atoms with E-state index in [0.717, 1.165) is 19.3 Å². The third kappa shape index (κ3) is 2.19. The molecule has 2 fully saturated rings. The van der Waals surface area contributed by atoms with Gasteiger partial charge >= 0.3 is 0 Å². The Bertz CT molecular complexity index is 324. The summed E-state index contributed by atoms with van der Waals surface area (Å²) in [4.78, 5) is 13.7. The fourth-order valence-electron chi connectivity index (χ4n) is 2.72. The molecule has 1 heterocycles. The van der Waals surface area contributed by atoms with Crippen LogP contribution in [0.15, 0.2) is 0 Å². The van der Waals surface area contributed by atoms with Gasteiger partial charge in [-0.15, -0.1) is 0 Å². The van der Waals surface area contributed by atoms with Crippen molar-refractivity contribution in [3.05, 3.63) is 0 Å². The molecule has 1 aliphatic carbocycles. The zero-order valence-corrected chi connectivity index (χ0v) is 9.65. The zero-order chi connectivity index (χ0) is 11.8. The number of β-amino-alcohol motifs (C(OH)–C–C–N with tert-alkyl or cyclic N) is 1. The summed E-state index contributed by atoms with van der Waals surface area (Å²) >= 11 is 0. The van der Waals surface area contributed by atoms with Gasteiger partial charge in [0.1, 0.15) is 0 Å². The van der Waals surface area contributed by atoms with Crippen molar-refractivity contribution >= 4 is 5.91 Å². The molecule has 2 aliphatic rings. The molecule has 2 atom stereocenters. The molecule has 0 spiro atoms. The topological polar surface area (TPSA) is 64.3 Å². The quantitative estimate of drug-likeness (QED) is 0.717. The van der Waals surface area contributed by atoms with Crippen molar-refractivity contribution in [1.29, 1.82) is 5.26 Å². The molecule has 2 unspecified atom stereocenters. The van der Waals surface area contributed by atoms with Gasteiger partial charge in [0.2, 0.25) is 5.91 Å². The summed E-state index contributed by atoms with van der Waals surface area (Å²) < 4.78 is 0. The molecule has 0 bridgehead atoms. The Morgan fingerprint density at radius 3 is 2.75 bits per heavy atom. The van der Waals surface area contributed by atoms with Crippen molar-refractivity contribution in [1.82, 2.24) is 4.90 Å². The Morgan fingerprint density at radius 1 is 1.50 bits per heavy atom. The van der Waals surface area contributed by atoms with Crippen LogP contribution in [0.3, 0.4) is 0 Å². The molecular weight excluding hydrogens is 204 g/mol. The largest absolute Gasteiger partial charge is 0.386 e. The van der Waals surface area contributed by atoms with Gasteiger partial charge < -0.3 is 10.0 Å². The van der Waals surface area contributed by atoms with Crippen molar-refractivity contribution in [2.24, 2.45) is 11.8 Å². The van der Waals surface area contributed by atoms with Crippen molar-refractivity contribution < 1.29 is 9.90 Å². The predicted molar refractivity (Wildman–Crippen MR) is 58.3 cm³/mol. The predicted octanol–water partition coefficient (Wildman–Crippen LogP) is 0.910. The highest BCUT2D eigenvalue weighted by Gasteiger charge is 2.42. The van der Waals surface area contributed by atoms with Gasteiger partial charge in [-0.3, -0.25) is 4.79 Å². The number of rotatable bonds is 1. The smallest absolute Gasteiger partial charge is 0.225 e. The third-order valence-corrected chi connectivity index (χ3v) is 3.58. The maximum atomic E-state index is 12.0. The Morgan fingerprint density at radius 2 is 2.19 bits per heavy atom. The molecule has 1 N–H and O–H groups in total. The lowest BCUT2D eigenvalue weighted by molar-refractivity contribution is -0.157. The monoisotopic (exact) mass is 222 g/mol. The first-order chi connectivity index (χ1) is 7.52. The van der Waals surface area contributed by atoms with Crippen molar-refractivity contribution in [3.8, 4) is 6.07 Å². The van der Waals surface area contributed by atoms with Gasteiger partial charge in [0.25, 0.3) is 0 Å². The molecule has 0 aromatic carbocycles. The Kier molecular flexibility index (Phi) is 2.90. The van der Waals surface area contributed by atoms with E-state index in [2.05, 4.69) is 6.07 Å². The summed E-state index contributed by atoms with van der Waals surface area (Å²) in [6.07, 6.45) is 3.50. The molecule has 1 aliphatic heterocycles. The number of likely N-dealkylation sites (tertiary alicyclic amines) is 1. The lowest BCUT2D eigenvalue weighted by atomic mass is 9.80. The number of hydrogen-bond acceptors (Lipinski definition) is 3. The normalized spacial score (nSPS) is 32.7. The summed E-state index contributed by atoms with van der Waals surface area (Å²) in [5.41, 5.74) is -0.695. The van der Waals surface area contributed by atoms with Gasteiger partial charge in [-0.2, -0.15) is 5.26 Å². The molecule has 1 amide bonds. The number of carbonyl (C=O) groups excluding carboxylic acids is 1. The second kappa shape index (κ2) is 4.06. The second-order valence-electron chi connectivity index (χ2n) is 5.38. The van der Waals surface area contributed by atoms with Gasteiger partial charge in [-0.25, -0.2) is 0 Å². The van der Waals surface area contributed by atoms with Crippen molar-refractivity contribution in [3.63, 3.8) is 0 Å². The second-order valence-corrected chi connectivity index (χ2v) is 5.38. The van der Waals surface area contributed by atoms with Gasteiger partial charge in [0, 0.05) is 11.8 Å². The Balaban J connectivity index is 1.89. The molecule has 4 nitrogen and oxygen atoms in total. The minimum atomic E-state index is -0.695. The fourth-order valence-corrected chi connectivity index (χ4v) is 2.72. The number of nitriles is 1. The lowest BCUT2D eigenvalue weighted by Gasteiger charge is -2.46. The van der Waals surface area contributed by atoms with Gasteiger partial charge in [-0.05, 0) is 26.2 Å². The van der Waals surface area contributed by atoms with Gasteiger partial charge in [0.15, 0.2) is 0 Å². The van der Waals surface area contributed by atoms with Gasteiger partial charge in [0.05, 0.1) is 24.8 Å². The van der Waals surface area contributed by atoms with E-state index in [1.165, 1.54) is 0 Å². The molecule has 0 radical (unpaired) electrons. The Labute approximate surface area is 95.9 Å². The van der Waals surface area contributed by atoms with Crippen LogP contribution in [0, 0.1) is 23.2 Å². The fraction of sp³-hybridized carbons (Fsp3) is 0.833. The highest BCUT2D eigenvalue weighted by molar-refractivity contribution is 5.80. The van der Waals surface area contributed by atoms with E-state index in [4.69, 9.17) is 5.26 Å². The third-order valence-electron chi connectivity index (χ3n) is 3.58. The van der Waals surface area contributed by atoms with Crippen LogP contribution in [0.1, 0.15) is 32.6 Å². The summed E-state index contributed by atoms with van der Waals surface area (Å²) in [5.74, 6) is 0.186. The molecule has 1 saturated heterocycles. The number of aliphatic hydroxyl groups is 1. The summed E-state index contributed by atoms with van der Waals surface area (Å²) in [6, 6.07) is 2.26. The molecular formula is C12H18N2O2. The van der Waals surface area contributed by atoms with Crippen LogP contribution < -0.4 is 0 Å². The van der Waals surface area contributed by atoms with Crippen LogP contribution in [0.5, 0.6) is 0 Å². The lowest BCUT2D eigenvalue weighted by Crippen LogP contribution is -2.63. The molecule has 0 aromatic heterocycles. The van der Waals surface area contributed by atoms with Crippen molar-refractivity contribution in [2.45, 2.75) is 38.2 Å². The number of amides is 1. The number of hydrogen-bond donors (Lipinski definition) is 1. The first-order valence-corrected chi connectivity index (χ1v) is 5.92. The maximum absolute atomic E-state index is 12.0. The van der Waals surface area contributed by atoms with E-state index in [-0.39, 0.29) is 17.7 Å². The Hall–Kier alpha value is -1.08. The average Bonchev–Trinajstić information content (AvgIpc) is 2.25. The van der Waals surface area contributed by atoms with Crippen molar-refractivity contribution in [2.75, 3.05) is 13.1 Å². The summed E-state index contributed by atoms with van der Waals surface area (Å²) in [5, 5.41) is 18.5. The van der Waals surface area contributed by atoms with Crippen LogP contribution in [0.25, 0.3) is 0 Å². The SMILES string of the molecule is CC1(O)CN(C(=O)C2CCCC(C#N)C2)C1. The molecule has 1 saturated carbocycles. The maximum Gasteiger partial charge on any atom is 0.225 e. The standard InChI is InChI=1S/C12H18N2O2/c1-12(16)7-14(8-12)11(15)10-4-2-3-9(5-10)6-13/h9-10,16H,2-5,7-8H2,1H3. The first-order valence-electron chi connectivity index (χ1n) is 5.92. The molecule has 0 aromatic rings. The summed E-state index contributed by atoms with van der Waals surface area (Å²) in [6.45, 7) is 2.63. The van der Waals surface area contributed by atoms with Crippen LogP contribution >= 0.6 is 0 Å². The van der Waals surface area contributed by atoms with E-state index in [0.29, 0.717) is 19.5 Å². The van der Waals surface area contributed by atoms with E-state index in [1.807, 2.05) is 0 Å². The summed E-state index contributed by atoms with van der Waals surface area (Å²) in [7, 11) is 0. The average molecular weight is 222 g/mol. The van der Waals surface area contributed by atoms with E-state index in [1.54, 1.807) is 11.8 Å². The molecule has 4 heteroatoms. The van der Waals surface area contributed by atoms with E-state index >= 15 is 0 Å². The van der Waals surface area contributed by atoms with Crippen LogP contribution in [0.4, 0.5) is 0 Å². The highest BCUT2D eigenvalue weighted by atomic mass is 16.3. The number of nitrogens with zero attached hydrogens (tertiary/aromatic N) is 2. The zero-order valence-electron chi connectivity index (χ0n) is 9.65. The van der Waals surface area contributed by atoms with E-state index in [9.17, 15) is 9.90 Å². The molecule has 88 valence electrons. The highest BCUT2D eigenvalue weighted by Crippen LogP contribution is 2.32. The minimum absolute atomic E-state index is 0.00880.